The zero-order valence-corrected chi connectivity index (χ0v) is 21.8. The van der Waals surface area contributed by atoms with Crippen LogP contribution in [0, 0.1) is 10.1 Å². The highest BCUT2D eigenvalue weighted by atomic mass is 79.9. The lowest BCUT2D eigenvalue weighted by Gasteiger charge is -2.13. The average Bonchev–Trinajstić information content (AvgIpc) is 3.14. The van der Waals surface area contributed by atoms with Crippen molar-refractivity contribution in [3.05, 3.63) is 103 Å². The first kappa shape index (κ1) is 26.1. The fourth-order valence-corrected chi connectivity index (χ4v) is 4.68. The number of nitro groups is 1. The molecule has 0 aromatic heterocycles. The highest BCUT2D eigenvalue weighted by molar-refractivity contribution is 9.10. The minimum atomic E-state index is -0.711. The molecule has 1 aliphatic heterocycles. The summed E-state index contributed by atoms with van der Waals surface area (Å²) in [5.41, 5.74) is 1.38. The Balaban J connectivity index is 1.53. The van der Waals surface area contributed by atoms with Crippen LogP contribution in [0.3, 0.4) is 0 Å². The van der Waals surface area contributed by atoms with Crippen LogP contribution in [0.5, 0.6) is 11.5 Å². The quantitative estimate of drug-likeness (QED) is 0.101. The summed E-state index contributed by atoms with van der Waals surface area (Å²) in [5.74, 6) is -0.711. The fourth-order valence-electron chi connectivity index (χ4n) is 3.43. The first-order valence-corrected chi connectivity index (χ1v) is 12.6. The highest BCUT2D eigenvalue weighted by Gasteiger charge is 2.35. The SMILES string of the molecule is CCOc1cc(/C=C2\SC(=O)N(Cc3ccccc3Br)C2=O)ccc1OC(=O)c1ccc([N+](=O)[O-])cc1. The van der Waals surface area contributed by atoms with E-state index in [1.807, 2.05) is 24.3 Å². The van der Waals surface area contributed by atoms with Crippen LogP contribution in [0.4, 0.5) is 10.5 Å². The van der Waals surface area contributed by atoms with Crippen LogP contribution >= 0.6 is 27.7 Å². The van der Waals surface area contributed by atoms with Gasteiger partial charge >= 0.3 is 5.97 Å². The van der Waals surface area contributed by atoms with Crippen molar-refractivity contribution < 1.29 is 28.8 Å². The van der Waals surface area contributed by atoms with E-state index in [9.17, 15) is 24.5 Å². The van der Waals surface area contributed by atoms with Crippen LogP contribution < -0.4 is 9.47 Å². The number of nitrogens with zero attached hydrogens (tertiary/aromatic N) is 2. The van der Waals surface area contributed by atoms with Gasteiger partial charge in [0.1, 0.15) is 0 Å². The van der Waals surface area contributed by atoms with E-state index in [1.54, 1.807) is 25.1 Å². The van der Waals surface area contributed by atoms with Crippen LogP contribution in [0.2, 0.25) is 0 Å². The molecule has 3 aromatic rings. The second kappa shape index (κ2) is 11.4. The molecule has 1 heterocycles. The van der Waals surface area contributed by atoms with Gasteiger partial charge < -0.3 is 9.47 Å². The molecule has 0 N–H and O–H groups in total. The molecule has 3 aromatic carbocycles. The Morgan fingerprint density at radius 3 is 2.49 bits per heavy atom. The molecule has 0 aliphatic carbocycles. The monoisotopic (exact) mass is 582 g/mol. The van der Waals surface area contributed by atoms with E-state index < -0.39 is 16.8 Å². The van der Waals surface area contributed by atoms with Crippen molar-refractivity contribution in [1.29, 1.82) is 0 Å². The topological polar surface area (TPSA) is 116 Å². The van der Waals surface area contributed by atoms with E-state index in [-0.39, 0.29) is 46.0 Å². The van der Waals surface area contributed by atoms with E-state index in [4.69, 9.17) is 9.47 Å². The number of halogens is 1. The summed E-state index contributed by atoms with van der Waals surface area (Å²) in [6.07, 6.45) is 1.58. The van der Waals surface area contributed by atoms with Gasteiger partial charge in [-0.15, -0.1) is 0 Å². The number of hydrogen-bond donors (Lipinski definition) is 0. The van der Waals surface area contributed by atoms with Crippen LogP contribution in [-0.4, -0.2) is 33.5 Å². The van der Waals surface area contributed by atoms with Crippen LogP contribution in [0.25, 0.3) is 6.08 Å². The Kier molecular flexibility index (Phi) is 8.04. The van der Waals surface area contributed by atoms with Crippen molar-refractivity contribution in [3.63, 3.8) is 0 Å². The number of hydrogen-bond acceptors (Lipinski definition) is 8. The molecule has 2 amide bonds. The molecule has 37 heavy (non-hydrogen) atoms. The van der Waals surface area contributed by atoms with E-state index in [0.29, 0.717) is 5.56 Å². The number of rotatable bonds is 8. The fraction of sp³-hybridized carbons (Fsp3) is 0.115. The number of ether oxygens (including phenoxy) is 2. The lowest BCUT2D eigenvalue weighted by Crippen LogP contribution is -2.27. The molecule has 1 saturated heterocycles. The van der Waals surface area contributed by atoms with Gasteiger partial charge in [-0.3, -0.25) is 24.6 Å². The van der Waals surface area contributed by atoms with Crippen molar-refractivity contribution >= 4 is 56.6 Å². The number of imide groups is 1. The van der Waals surface area contributed by atoms with Crippen LogP contribution in [0.1, 0.15) is 28.4 Å². The van der Waals surface area contributed by atoms with Gasteiger partial charge in [-0.05, 0) is 66.2 Å². The minimum absolute atomic E-state index is 0.135. The molecule has 0 saturated carbocycles. The molecule has 1 aliphatic rings. The van der Waals surface area contributed by atoms with Crippen LogP contribution in [-0.2, 0) is 11.3 Å². The molecule has 0 radical (unpaired) electrons. The number of benzene rings is 3. The zero-order chi connectivity index (χ0) is 26.5. The predicted octanol–water partition coefficient (Wildman–Crippen LogP) is 6.21. The molecular formula is C26H19BrN2O7S. The molecule has 0 atom stereocenters. The largest absolute Gasteiger partial charge is 0.490 e. The van der Waals surface area contributed by atoms with E-state index >= 15 is 0 Å². The lowest BCUT2D eigenvalue weighted by atomic mass is 10.1. The molecule has 0 spiro atoms. The number of carbonyl (C=O) groups is 3. The number of carbonyl (C=O) groups excluding carboxylic acids is 3. The summed E-state index contributed by atoms with van der Waals surface area (Å²) in [6, 6.07) is 17.2. The average molecular weight is 583 g/mol. The molecule has 1 fully saturated rings. The maximum absolute atomic E-state index is 12.9. The van der Waals surface area contributed by atoms with Crippen molar-refractivity contribution in [2.45, 2.75) is 13.5 Å². The number of esters is 1. The van der Waals surface area contributed by atoms with Gasteiger partial charge in [0.25, 0.3) is 16.8 Å². The molecule has 188 valence electrons. The maximum atomic E-state index is 12.9. The minimum Gasteiger partial charge on any atom is -0.490 e. The van der Waals surface area contributed by atoms with E-state index in [2.05, 4.69) is 15.9 Å². The Morgan fingerprint density at radius 1 is 1.08 bits per heavy atom. The standard InChI is InChI=1S/C26H19BrN2O7S/c1-2-35-22-13-16(7-12-21(22)36-25(31)17-8-10-19(11-9-17)29(33)34)14-23-24(30)28(26(32)37-23)15-18-5-3-4-6-20(18)27/h3-14H,2,15H2,1H3/b23-14-. The van der Waals surface area contributed by atoms with Gasteiger partial charge in [-0.25, -0.2) is 4.79 Å². The highest BCUT2D eigenvalue weighted by Crippen LogP contribution is 2.36. The van der Waals surface area contributed by atoms with Crippen molar-refractivity contribution in [1.82, 2.24) is 4.90 Å². The summed E-state index contributed by atoms with van der Waals surface area (Å²) in [6.45, 7) is 2.20. The maximum Gasteiger partial charge on any atom is 0.343 e. The first-order valence-electron chi connectivity index (χ1n) is 11.0. The Labute approximate surface area is 224 Å². The van der Waals surface area contributed by atoms with Crippen LogP contribution in [0.15, 0.2) is 76.1 Å². The van der Waals surface area contributed by atoms with Gasteiger partial charge in [-0.2, -0.15) is 0 Å². The Bertz CT molecular complexity index is 1420. The first-order chi connectivity index (χ1) is 17.8. The lowest BCUT2D eigenvalue weighted by molar-refractivity contribution is -0.384. The Hall–Kier alpha value is -3.96. The predicted molar refractivity (Wildman–Crippen MR) is 141 cm³/mol. The summed E-state index contributed by atoms with van der Waals surface area (Å²) < 4.78 is 11.9. The van der Waals surface area contributed by atoms with Gasteiger partial charge in [0.2, 0.25) is 0 Å². The second-order valence-corrected chi connectivity index (χ2v) is 9.54. The number of thioether (sulfide) groups is 1. The van der Waals surface area contributed by atoms with Gasteiger partial charge in [0.15, 0.2) is 11.5 Å². The summed E-state index contributed by atoms with van der Waals surface area (Å²) >= 11 is 4.28. The third kappa shape index (κ3) is 6.07. The summed E-state index contributed by atoms with van der Waals surface area (Å²) in [4.78, 5) is 49.7. The van der Waals surface area contributed by atoms with Crippen molar-refractivity contribution in [3.8, 4) is 11.5 Å². The van der Waals surface area contributed by atoms with Crippen molar-refractivity contribution in [2.24, 2.45) is 0 Å². The molecule has 0 bridgehead atoms. The molecule has 9 nitrogen and oxygen atoms in total. The third-order valence-corrected chi connectivity index (χ3v) is 6.92. The number of nitro benzene ring substituents is 1. The zero-order valence-electron chi connectivity index (χ0n) is 19.4. The van der Waals surface area contributed by atoms with Gasteiger partial charge in [0, 0.05) is 16.6 Å². The molecular weight excluding hydrogens is 564 g/mol. The number of non-ortho nitro benzene ring substituents is 1. The summed E-state index contributed by atoms with van der Waals surface area (Å²) in [5, 5.41) is 10.5. The van der Waals surface area contributed by atoms with Gasteiger partial charge in [0.05, 0.1) is 28.5 Å². The third-order valence-electron chi connectivity index (χ3n) is 5.24. The van der Waals surface area contributed by atoms with E-state index in [0.717, 1.165) is 21.8 Å². The van der Waals surface area contributed by atoms with E-state index in [1.165, 1.54) is 35.2 Å². The molecule has 4 rings (SSSR count). The summed E-state index contributed by atoms with van der Waals surface area (Å²) in [7, 11) is 0. The molecule has 0 unspecified atom stereocenters. The second-order valence-electron chi connectivity index (χ2n) is 7.69. The Morgan fingerprint density at radius 2 is 1.81 bits per heavy atom. The smallest absolute Gasteiger partial charge is 0.343 e. The van der Waals surface area contributed by atoms with Crippen molar-refractivity contribution in [2.75, 3.05) is 6.61 Å². The number of amides is 2. The molecule has 11 heteroatoms. The van der Waals surface area contributed by atoms with Gasteiger partial charge in [-0.1, -0.05) is 40.2 Å². The normalized spacial score (nSPS) is 14.2.